The number of fused-ring (bicyclic) bond motifs is 19. The van der Waals surface area contributed by atoms with Crippen molar-refractivity contribution in [3.8, 4) is 0 Å². The molecular formula is C76H44N2OS2. The zero-order valence-electron chi connectivity index (χ0n) is 43.5. The molecule has 5 heteroatoms. The quantitative estimate of drug-likeness (QED) is 0.122. The van der Waals surface area contributed by atoms with E-state index in [1.165, 1.54) is 116 Å². The molecule has 0 aliphatic heterocycles. The normalized spacial score (nSPS) is 12.2. The van der Waals surface area contributed by atoms with Crippen LogP contribution in [-0.2, 0) is 0 Å². The molecule has 0 saturated carbocycles. The van der Waals surface area contributed by atoms with Gasteiger partial charge in [0.15, 0.2) is 0 Å². The summed E-state index contributed by atoms with van der Waals surface area (Å²) < 4.78 is 12.1. The summed E-state index contributed by atoms with van der Waals surface area (Å²) in [7, 11) is 0. The van der Waals surface area contributed by atoms with E-state index in [9.17, 15) is 0 Å². The van der Waals surface area contributed by atoms with E-state index < -0.39 is 0 Å². The number of rotatable bonds is 6. The highest BCUT2D eigenvalue weighted by Crippen LogP contribution is 2.52. The van der Waals surface area contributed by atoms with E-state index in [2.05, 4.69) is 277 Å². The van der Waals surface area contributed by atoms with Crippen LogP contribution in [0.5, 0.6) is 0 Å². The Morgan fingerprint density at radius 1 is 0.235 bits per heavy atom. The number of hydrogen-bond acceptors (Lipinski definition) is 5. The maximum Gasteiger partial charge on any atom is 0.136 e. The lowest BCUT2D eigenvalue weighted by Crippen LogP contribution is -2.11. The molecule has 376 valence electrons. The van der Waals surface area contributed by atoms with Crippen molar-refractivity contribution in [3.63, 3.8) is 0 Å². The third-order valence-corrected chi connectivity index (χ3v) is 19.4. The molecule has 15 aromatic carbocycles. The molecule has 0 saturated heterocycles. The van der Waals surface area contributed by atoms with Crippen molar-refractivity contribution in [1.29, 1.82) is 0 Å². The van der Waals surface area contributed by atoms with Gasteiger partial charge < -0.3 is 14.2 Å². The van der Waals surface area contributed by atoms with Crippen LogP contribution in [0.3, 0.4) is 0 Å². The molecule has 0 fully saturated rings. The highest BCUT2D eigenvalue weighted by atomic mass is 32.1. The highest BCUT2D eigenvalue weighted by molar-refractivity contribution is 7.26. The Bertz CT molecular complexity index is 5600. The van der Waals surface area contributed by atoms with Crippen molar-refractivity contribution < 1.29 is 4.42 Å². The smallest absolute Gasteiger partial charge is 0.136 e. The van der Waals surface area contributed by atoms with Gasteiger partial charge in [0.1, 0.15) is 11.2 Å². The van der Waals surface area contributed by atoms with Gasteiger partial charge in [0.25, 0.3) is 0 Å². The van der Waals surface area contributed by atoms with Crippen LogP contribution in [0.25, 0.3) is 138 Å². The van der Waals surface area contributed by atoms with Gasteiger partial charge in [-0.05, 0) is 145 Å². The fraction of sp³-hybridized carbons (Fsp3) is 0. The van der Waals surface area contributed by atoms with Gasteiger partial charge in [0.05, 0.1) is 21.8 Å². The molecule has 0 unspecified atom stereocenters. The molecule has 18 rings (SSSR count). The summed E-state index contributed by atoms with van der Waals surface area (Å²) in [4.78, 5) is 5.04. The number of benzene rings is 15. The fourth-order valence-corrected chi connectivity index (χ4v) is 15.8. The Kier molecular flexibility index (Phi) is 9.55. The van der Waals surface area contributed by atoms with Crippen molar-refractivity contribution in [3.05, 3.63) is 267 Å². The standard InChI is InChI=1S/C76H44N2OS2/c1-5-20-52-45(16-1)38-46-17-2-6-21-53(46)74(52)77(50-34-37-73-67(42-50)60-27-12-13-30-71(60)80-73)49-32-35-58-62(40-49)56-24-9-10-25-57(56)63-43-66-65-41-51(33-36-69(65)79-70(66)44-64(58)63)78(68-29-15-28-61-59-26-11-14-31-72(59)81-76(61)68)75-54-22-7-3-18-47(54)39-48-19-4-8-23-55(48)75/h1-44H. The van der Waals surface area contributed by atoms with Crippen LogP contribution in [0.15, 0.2) is 271 Å². The topological polar surface area (TPSA) is 19.6 Å². The first kappa shape index (κ1) is 44.9. The minimum absolute atomic E-state index is 0.857. The zero-order valence-corrected chi connectivity index (χ0v) is 45.2. The van der Waals surface area contributed by atoms with Crippen molar-refractivity contribution in [1.82, 2.24) is 0 Å². The van der Waals surface area contributed by atoms with Gasteiger partial charge in [-0.25, -0.2) is 0 Å². The van der Waals surface area contributed by atoms with Crippen LogP contribution in [0, 0.1) is 0 Å². The molecule has 0 aliphatic carbocycles. The predicted molar refractivity (Wildman–Crippen MR) is 351 cm³/mol. The van der Waals surface area contributed by atoms with Crippen molar-refractivity contribution >= 4 is 194 Å². The largest absolute Gasteiger partial charge is 0.456 e. The molecule has 0 N–H and O–H groups in total. The molecule has 0 radical (unpaired) electrons. The predicted octanol–water partition coefficient (Wildman–Crippen LogP) is 23.3. The van der Waals surface area contributed by atoms with Gasteiger partial charge in [0.2, 0.25) is 0 Å². The Hall–Kier alpha value is -10.0. The highest BCUT2D eigenvalue weighted by Gasteiger charge is 2.26. The Balaban J connectivity index is 0.870. The molecule has 0 atom stereocenters. The lowest BCUT2D eigenvalue weighted by atomic mass is 9.92. The maximum absolute atomic E-state index is 7.01. The molecule has 0 amide bonds. The summed E-state index contributed by atoms with van der Waals surface area (Å²) in [6.45, 7) is 0. The summed E-state index contributed by atoms with van der Waals surface area (Å²) >= 11 is 3.72. The molecule has 0 spiro atoms. The molecule has 3 aromatic heterocycles. The minimum Gasteiger partial charge on any atom is -0.456 e. The van der Waals surface area contributed by atoms with Crippen LogP contribution in [-0.4, -0.2) is 0 Å². The van der Waals surface area contributed by atoms with E-state index >= 15 is 0 Å². The molecular weight excluding hydrogens is 1020 g/mol. The van der Waals surface area contributed by atoms with Gasteiger partial charge >= 0.3 is 0 Å². The summed E-state index contributed by atoms with van der Waals surface area (Å²) in [6, 6.07) is 99.1. The van der Waals surface area contributed by atoms with E-state index in [0.717, 1.165) is 55.8 Å². The summed E-state index contributed by atoms with van der Waals surface area (Å²) in [5.74, 6) is 0. The average Bonchev–Trinajstić information content (AvgIpc) is 4.37. The molecule has 3 heterocycles. The monoisotopic (exact) mass is 1060 g/mol. The SMILES string of the molecule is c1ccc2c(N(c3ccc4sc5ccccc5c4c3)c3ccc4c(c3)c3ccccc3c3cc5c(cc43)oc3ccc(N(c4c6ccccc6cc6ccccc46)c4cccc6c4sc4ccccc46)cc35)c3ccccc3cc2c1. The van der Waals surface area contributed by atoms with Crippen LogP contribution in [0.4, 0.5) is 34.1 Å². The van der Waals surface area contributed by atoms with Crippen LogP contribution < -0.4 is 9.80 Å². The third-order valence-electron chi connectivity index (χ3n) is 17.1. The van der Waals surface area contributed by atoms with E-state index in [0.29, 0.717) is 0 Å². The first-order valence-corrected chi connectivity index (χ1v) is 29.3. The fourth-order valence-electron chi connectivity index (χ4n) is 13.5. The second-order valence-electron chi connectivity index (χ2n) is 21.5. The molecule has 3 nitrogen and oxygen atoms in total. The number of anilines is 6. The lowest BCUT2D eigenvalue weighted by Gasteiger charge is -2.29. The molecule has 18 aromatic rings. The van der Waals surface area contributed by atoms with Gasteiger partial charge in [-0.15, -0.1) is 22.7 Å². The van der Waals surface area contributed by atoms with Crippen LogP contribution in [0.1, 0.15) is 0 Å². The second kappa shape index (κ2) is 17.2. The van der Waals surface area contributed by atoms with Gasteiger partial charge in [-0.1, -0.05) is 176 Å². The van der Waals surface area contributed by atoms with Gasteiger partial charge in [-0.2, -0.15) is 0 Å². The Morgan fingerprint density at radius 3 is 1.30 bits per heavy atom. The molecule has 0 aliphatic rings. The van der Waals surface area contributed by atoms with Crippen molar-refractivity contribution in [2.75, 3.05) is 9.80 Å². The Morgan fingerprint density at radius 2 is 0.654 bits per heavy atom. The van der Waals surface area contributed by atoms with Crippen molar-refractivity contribution in [2.45, 2.75) is 0 Å². The average molecular weight is 1070 g/mol. The number of nitrogens with zero attached hydrogens (tertiary/aromatic N) is 2. The van der Waals surface area contributed by atoms with Gasteiger partial charge in [-0.3, -0.25) is 0 Å². The van der Waals surface area contributed by atoms with Crippen molar-refractivity contribution in [2.24, 2.45) is 0 Å². The minimum atomic E-state index is 0.857. The Labute approximate surface area is 472 Å². The first-order valence-electron chi connectivity index (χ1n) is 27.6. The van der Waals surface area contributed by atoms with Crippen LogP contribution >= 0.6 is 22.7 Å². The summed E-state index contributed by atoms with van der Waals surface area (Å²) in [6.07, 6.45) is 0. The number of furan rings is 1. The maximum atomic E-state index is 7.01. The van der Waals surface area contributed by atoms with E-state index in [1.807, 2.05) is 22.7 Å². The zero-order chi connectivity index (χ0) is 52.9. The second-order valence-corrected chi connectivity index (χ2v) is 23.6. The van der Waals surface area contributed by atoms with E-state index in [1.54, 1.807) is 0 Å². The van der Waals surface area contributed by atoms with E-state index in [4.69, 9.17) is 4.42 Å². The number of thiophene rings is 2. The lowest BCUT2D eigenvalue weighted by molar-refractivity contribution is 0.669. The summed E-state index contributed by atoms with van der Waals surface area (Å²) in [5, 5.41) is 24.1. The third kappa shape index (κ3) is 6.68. The number of hydrogen-bond donors (Lipinski definition) is 0. The van der Waals surface area contributed by atoms with Gasteiger partial charge in [0, 0.05) is 85.0 Å². The molecule has 0 bridgehead atoms. The van der Waals surface area contributed by atoms with Crippen LogP contribution in [0.2, 0.25) is 0 Å². The first-order chi connectivity index (χ1) is 40.1. The molecule has 81 heavy (non-hydrogen) atoms. The van der Waals surface area contributed by atoms with E-state index in [-0.39, 0.29) is 0 Å². The summed E-state index contributed by atoms with van der Waals surface area (Å²) in [5.41, 5.74) is 8.49.